The van der Waals surface area contributed by atoms with E-state index < -0.39 is 0 Å². The van der Waals surface area contributed by atoms with Crippen molar-refractivity contribution in [2.45, 2.75) is 13.3 Å². The zero-order valence-corrected chi connectivity index (χ0v) is 13.1. The fourth-order valence-electron chi connectivity index (χ4n) is 2.62. The second-order valence-corrected chi connectivity index (χ2v) is 5.53. The Morgan fingerprint density at radius 1 is 1.05 bits per heavy atom. The number of H-pyrrole nitrogens is 1. The molecular formula is C18H23N4+. The number of aromatic nitrogens is 1. The Labute approximate surface area is 132 Å². The van der Waals surface area contributed by atoms with Crippen LogP contribution in [0, 0.1) is 0 Å². The first kappa shape index (κ1) is 14.6. The molecule has 1 aliphatic heterocycles. The number of hydrazone groups is 1. The highest BCUT2D eigenvalue weighted by Gasteiger charge is 2.21. The summed E-state index contributed by atoms with van der Waals surface area (Å²) in [7, 11) is 0. The first-order chi connectivity index (χ1) is 10.8. The lowest BCUT2D eigenvalue weighted by Crippen LogP contribution is -2.45. The van der Waals surface area contributed by atoms with E-state index in [0.717, 1.165) is 38.2 Å². The average Bonchev–Trinajstić information content (AvgIpc) is 2.61. The van der Waals surface area contributed by atoms with Crippen LogP contribution in [0.3, 0.4) is 0 Å². The number of hydrogen-bond acceptors (Lipinski definition) is 3. The molecule has 2 aromatic rings. The predicted molar refractivity (Wildman–Crippen MR) is 90.2 cm³/mol. The van der Waals surface area contributed by atoms with Crippen molar-refractivity contribution in [2.24, 2.45) is 5.10 Å². The van der Waals surface area contributed by atoms with Gasteiger partial charge in [-0.1, -0.05) is 37.3 Å². The molecule has 0 spiro atoms. The number of anilines is 1. The van der Waals surface area contributed by atoms with Crippen LogP contribution in [0.15, 0.2) is 53.8 Å². The number of aryl methyl sites for hydroxylation is 1. The second kappa shape index (κ2) is 7.07. The third kappa shape index (κ3) is 3.64. The molecule has 0 bridgehead atoms. The van der Waals surface area contributed by atoms with E-state index in [9.17, 15) is 0 Å². The minimum atomic E-state index is 0.951. The number of rotatable bonds is 4. The first-order valence-corrected chi connectivity index (χ1v) is 7.94. The van der Waals surface area contributed by atoms with Gasteiger partial charge in [0.2, 0.25) is 0 Å². The molecule has 1 aliphatic rings. The number of aromatic amines is 1. The number of hydrogen-bond donors (Lipinski definition) is 0. The van der Waals surface area contributed by atoms with Gasteiger partial charge in [0, 0.05) is 6.07 Å². The Morgan fingerprint density at radius 3 is 2.45 bits per heavy atom. The topological polar surface area (TPSA) is 33.0 Å². The summed E-state index contributed by atoms with van der Waals surface area (Å²) in [6.07, 6.45) is 5.01. The zero-order chi connectivity index (χ0) is 15.2. The van der Waals surface area contributed by atoms with Gasteiger partial charge in [-0.3, -0.25) is 9.91 Å². The van der Waals surface area contributed by atoms with Crippen LogP contribution in [0.25, 0.3) is 0 Å². The van der Waals surface area contributed by atoms with E-state index in [1.54, 1.807) is 0 Å². The molecule has 2 heterocycles. The summed E-state index contributed by atoms with van der Waals surface area (Å²) >= 11 is 0. The summed E-state index contributed by atoms with van der Waals surface area (Å²) in [4.78, 5) is 5.65. The van der Waals surface area contributed by atoms with Crippen LogP contribution in [0.5, 0.6) is 0 Å². The molecule has 4 heteroatoms. The largest absolute Gasteiger partial charge is 0.289 e. The Hall–Kier alpha value is -2.36. The molecule has 1 N–H and O–H groups in total. The van der Waals surface area contributed by atoms with Gasteiger partial charge in [-0.2, -0.15) is 5.10 Å². The molecule has 0 unspecified atom stereocenters. The Kier molecular flexibility index (Phi) is 4.68. The third-order valence-corrected chi connectivity index (χ3v) is 4.05. The van der Waals surface area contributed by atoms with Crippen molar-refractivity contribution in [3.8, 4) is 0 Å². The highest BCUT2D eigenvalue weighted by atomic mass is 15.5. The maximum absolute atomic E-state index is 4.61. The molecular weight excluding hydrogens is 272 g/mol. The molecule has 1 aromatic heterocycles. The molecule has 1 aromatic carbocycles. The van der Waals surface area contributed by atoms with E-state index in [0.29, 0.717) is 0 Å². The van der Waals surface area contributed by atoms with Crippen molar-refractivity contribution in [3.05, 3.63) is 59.8 Å². The molecule has 1 saturated heterocycles. The standard InChI is InChI=1S/C18H22N4/c1-2-16-6-8-17(9-7-16)15-20-22-13-11-21(12-14-22)18-5-3-4-10-19-18/h3-10,15H,2,11-14H2,1H3/p+1/b20-15+. The van der Waals surface area contributed by atoms with Crippen LogP contribution < -0.4 is 9.88 Å². The van der Waals surface area contributed by atoms with Crippen LogP contribution in [0.1, 0.15) is 18.1 Å². The maximum atomic E-state index is 4.61. The lowest BCUT2D eigenvalue weighted by Gasteiger charge is -2.28. The van der Waals surface area contributed by atoms with Gasteiger partial charge in [0.05, 0.1) is 25.5 Å². The normalized spacial score (nSPS) is 15.5. The van der Waals surface area contributed by atoms with E-state index >= 15 is 0 Å². The average molecular weight is 295 g/mol. The van der Waals surface area contributed by atoms with Gasteiger partial charge >= 0.3 is 0 Å². The molecule has 1 fully saturated rings. The third-order valence-electron chi connectivity index (χ3n) is 4.05. The highest BCUT2D eigenvalue weighted by molar-refractivity contribution is 5.79. The number of piperazine rings is 1. The van der Waals surface area contributed by atoms with E-state index in [1.165, 1.54) is 11.4 Å². The van der Waals surface area contributed by atoms with Crippen LogP contribution in [-0.4, -0.2) is 37.4 Å². The van der Waals surface area contributed by atoms with Crippen LogP contribution in [0.4, 0.5) is 5.82 Å². The van der Waals surface area contributed by atoms with Crippen LogP contribution in [0.2, 0.25) is 0 Å². The fourth-order valence-corrected chi connectivity index (χ4v) is 2.62. The molecule has 22 heavy (non-hydrogen) atoms. The summed E-state index contributed by atoms with van der Waals surface area (Å²) in [6.45, 7) is 6.06. The zero-order valence-electron chi connectivity index (χ0n) is 13.1. The number of nitrogens with zero attached hydrogens (tertiary/aromatic N) is 3. The molecule has 3 rings (SSSR count). The summed E-state index contributed by atoms with van der Waals surface area (Å²) in [5.74, 6) is 1.18. The van der Waals surface area contributed by atoms with Crippen molar-refractivity contribution >= 4 is 12.0 Å². The van der Waals surface area contributed by atoms with E-state index in [2.05, 4.69) is 63.3 Å². The Balaban J connectivity index is 1.54. The number of benzene rings is 1. The molecule has 0 aliphatic carbocycles. The fraction of sp³-hybridized carbons (Fsp3) is 0.333. The quantitative estimate of drug-likeness (QED) is 0.810. The van der Waals surface area contributed by atoms with Gasteiger partial charge in [-0.15, -0.1) is 0 Å². The summed E-state index contributed by atoms with van der Waals surface area (Å²) in [6, 6.07) is 14.8. The molecule has 0 saturated carbocycles. The van der Waals surface area contributed by atoms with Crippen molar-refractivity contribution in [2.75, 3.05) is 31.1 Å². The lowest BCUT2D eigenvalue weighted by atomic mass is 10.1. The number of pyridine rings is 1. The van der Waals surface area contributed by atoms with Gasteiger partial charge in [0.15, 0.2) is 0 Å². The van der Waals surface area contributed by atoms with Gasteiger partial charge in [0.1, 0.15) is 13.1 Å². The minimum absolute atomic E-state index is 0.951. The summed E-state index contributed by atoms with van der Waals surface area (Å²) in [5.41, 5.74) is 2.53. The van der Waals surface area contributed by atoms with Gasteiger partial charge < -0.3 is 0 Å². The van der Waals surface area contributed by atoms with E-state index in [-0.39, 0.29) is 0 Å². The molecule has 4 nitrogen and oxygen atoms in total. The van der Waals surface area contributed by atoms with Crippen molar-refractivity contribution < 1.29 is 4.98 Å². The second-order valence-electron chi connectivity index (χ2n) is 5.53. The first-order valence-electron chi connectivity index (χ1n) is 7.94. The molecule has 0 radical (unpaired) electrons. The lowest BCUT2D eigenvalue weighted by molar-refractivity contribution is -0.364. The van der Waals surface area contributed by atoms with Crippen LogP contribution in [-0.2, 0) is 6.42 Å². The summed E-state index contributed by atoms with van der Waals surface area (Å²) in [5, 5.41) is 6.75. The minimum Gasteiger partial charge on any atom is -0.289 e. The van der Waals surface area contributed by atoms with Gasteiger partial charge in [0.25, 0.3) is 5.82 Å². The maximum Gasteiger partial charge on any atom is 0.274 e. The Bertz CT molecular complexity index is 599. The smallest absolute Gasteiger partial charge is 0.274 e. The van der Waals surface area contributed by atoms with Crippen molar-refractivity contribution in [3.63, 3.8) is 0 Å². The number of nitrogens with one attached hydrogen (secondary N) is 1. The van der Waals surface area contributed by atoms with E-state index in [1.807, 2.05) is 18.5 Å². The predicted octanol–water partition coefficient (Wildman–Crippen LogP) is 2.22. The molecule has 0 atom stereocenters. The molecule has 0 amide bonds. The van der Waals surface area contributed by atoms with Gasteiger partial charge in [-0.25, -0.2) is 4.98 Å². The summed E-state index contributed by atoms with van der Waals surface area (Å²) < 4.78 is 0. The monoisotopic (exact) mass is 295 g/mol. The Morgan fingerprint density at radius 2 is 1.82 bits per heavy atom. The molecule has 114 valence electrons. The van der Waals surface area contributed by atoms with E-state index in [4.69, 9.17) is 0 Å². The SMILES string of the molecule is CCc1ccc(/C=N/N2CCN(c3cccc[nH+]3)CC2)cc1. The highest BCUT2D eigenvalue weighted by Crippen LogP contribution is 2.10. The van der Waals surface area contributed by atoms with Crippen LogP contribution >= 0.6 is 0 Å². The van der Waals surface area contributed by atoms with Crippen molar-refractivity contribution in [1.82, 2.24) is 5.01 Å². The van der Waals surface area contributed by atoms with Crippen molar-refractivity contribution in [1.29, 1.82) is 0 Å². The van der Waals surface area contributed by atoms with Gasteiger partial charge in [-0.05, 0) is 23.6 Å².